The second-order valence-corrected chi connectivity index (χ2v) is 6.93. The molecule has 0 radical (unpaired) electrons. The van der Waals surface area contributed by atoms with E-state index in [4.69, 9.17) is 4.74 Å². The number of ether oxygens (including phenoxy) is 2. The average molecular weight is 454 g/mol. The SMILES string of the molecule is COc1ccccc1C1=C(Nc2ccc(OC(F)(F)F)cc2)C(=O)N(c2ccccc2)C1=O. The van der Waals surface area contributed by atoms with Crippen LogP contribution in [0.25, 0.3) is 5.57 Å². The minimum Gasteiger partial charge on any atom is -0.496 e. The summed E-state index contributed by atoms with van der Waals surface area (Å²) in [6.45, 7) is 0. The van der Waals surface area contributed by atoms with Crippen LogP contribution in [-0.2, 0) is 9.59 Å². The fourth-order valence-corrected chi connectivity index (χ4v) is 3.44. The molecule has 3 aromatic carbocycles. The molecule has 0 fully saturated rings. The Bertz CT molecular complexity index is 1220. The average Bonchev–Trinajstić information content (AvgIpc) is 3.03. The molecule has 1 heterocycles. The number of methoxy groups -OCH3 is 1. The van der Waals surface area contributed by atoms with Gasteiger partial charge < -0.3 is 14.8 Å². The Balaban J connectivity index is 1.76. The van der Waals surface area contributed by atoms with Gasteiger partial charge in [0, 0.05) is 11.3 Å². The Labute approximate surface area is 186 Å². The zero-order valence-electron chi connectivity index (χ0n) is 17.2. The molecule has 0 saturated carbocycles. The highest BCUT2D eigenvalue weighted by atomic mass is 19.4. The van der Waals surface area contributed by atoms with Crippen molar-refractivity contribution in [2.75, 3.05) is 17.3 Å². The maximum Gasteiger partial charge on any atom is 0.573 e. The maximum absolute atomic E-state index is 13.4. The number of para-hydroxylation sites is 2. The van der Waals surface area contributed by atoms with E-state index in [-0.39, 0.29) is 11.3 Å². The van der Waals surface area contributed by atoms with Crippen molar-refractivity contribution in [3.8, 4) is 11.5 Å². The fourth-order valence-electron chi connectivity index (χ4n) is 3.44. The molecule has 0 saturated heterocycles. The highest BCUT2D eigenvalue weighted by Gasteiger charge is 2.41. The zero-order valence-corrected chi connectivity index (χ0v) is 17.2. The molecule has 6 nitrogen and oxygen atoms in total. The third-order valence-corrected chi connectivity index (χ3v) is 4.83. The number of imide groups is 1. The first-order valence-corrected chi connectivity index (χ1v) is 9.73. The van der Waals surface area contributed by atoms with E-state index in [9.17, 15) is 22.8 Å². The smallest absolute Gasteiger partial charge is 0.496 e. The van der Waals surface area contributed by atoms with Crippen LogP contribution in [-0.4, -0.2) is 25.3 Å². The van der Waals surface area contributed by atoms with Crippen LogP contribution < -0.4 is 19.7 Å². The highest BCUT2D eigenvalue weighted by Crippen LogP contribution is 2.37. The van der Waals surface area contributed by atoms with Gasteiger partial charge in [0.05, 0.1) is 18.4 Å². The van der Waals surface area contributed by atoms with E-state index in [0.29, 0.717) is 22.7 Å². The van der Waals surface area contributed by atoms with Gasteiger partial charge in [-0.3, -0.25) is 9.59 Å². The van der Waals surface area contributed by atoms with E-state index >= 15 is 0 Å². The van der Waals surface area contributed by atoms with Gasteiger partial charge in [0.25, 0.3) is 11.8 Å². The standard InChI is InChI=1S/C24H17F3N2O4/c1-32-19-10-6-5-9-18(19)20-21(23(31)29(22(20)30)16-7-3-2-4-8-16)28-15-11-13-17(14-12-15)33-24(25,26)27/h2-14,28H,1H3. The molecule has 33 heavy (non-hydrogen) atoms. The van der Waals surface area contributed by atoms with E-state index in [1.807, 2.05) is 0 Å². The van der Waals surface area contributed by atoms with Crippen molar-refractivity contribution in [1.29, 1.82) is 0 Å². The third-order valence-electron chi connectivity index (χ3n) is 4.83. The van der Waals surface area contributed by atoms with Gasteiger partial charge in [0.2, 0.25) is 0 Å². The fraction of sp³-hybridized carbons (Fsp3) is 0.0833. The van der Waals surface area contributed by atoms with E-state index in [0.717, 1.165) is 17.0 Å². The minimum absolute atomic E-state index is 0.0298. The molecule has 1 N–H and O–H groups in total. The number of hydrogen-bond acceptors (Lipinski definition) is 5. The van der Waals surface area contributed by atoms with Gasteiger partial charge in [-0.15, -0.1) is 13.2 Å². The number of rotatable bonds is 6. The second-order valence-electron chi connectivity index (χ2n) is 6.93. The number of halogens is 3. The van der Waals surface area contributed by atoms with Gasteiger partial charge in [0.15, 0.2) is 0 Å². The molecule has 9 heteroatoms. The number of carbonyl (C=O) groups excluding carboxylic acids is 2. The number of amides is 2. The molecular formula is C24H17F3N2O4. The molecule has 3 aromatic rings. The van der Waals surface area contributed by atoms with Gasteiger partial charge >= 0.3 is 6.36 Å². The maximum atomic E-state index is 13.4. The van der Waals surface area contributed by atoms with Crippen molar-refractivity contribution >= 4 is 28.8 Å². The Kier molecular flexibility index (Phi) is 5.78. The molecular weight excluding hydrogens is 437 g/mol. The van der Waals surface area contributed by atoms with Gasteiger partial charge in [0.1, 0.15) is 17.2 Å². The summed E-state index contributed by atoms with van der Waals surface area (Å²) >= 11 is 0. The number of benzene rings is 3. The van der Waals surface area contributed by atoms with Crippen molar-refractivity contribution in [2.45, 2.75) is 6.36 Å². The summed E-state index contributed by atoms with van der Waals surface area (Å²) in [7, 11) is 1.45. The van der Waals surface area contributed by atoms with Crippen molar-refractivity contribution in [3.63, 3.8) is 0 Å². The Morgan fingerprint density at radius 3 is 2.09 bits per heavy atom. The Morgan fingerprint density at radius 2 is 1.45 bits per heavy atom. The summed E-state index contributed by atoms with van der Waals surface area (Å²) in [6, 6.07) is 20.0. The van der Waals surface area contributed by atoms with Crippen LogP contribution >= 0.6 is 0 Å². The van der Waals surface area contributed by atoms with E-state index in [1.54, 1.807) is 54.6 Å². The zero-order chi connectivity index (χ0) is 23.6. The summed E-state index contributed by atoms with van der Waals surface area (Å²) in [6.07, 6.45) is -4.82. The summed E-state index contributed by atoms with van der Waals surface area (Å²) in [5, 5.41) is 2.89. The van der Waals surface area contributed by atoms with Crippen LogP contribution in [0, 0.1) is 0 Å². The molecule has 0 aliphatic carbocycles. The third kappa shape index (κ3) is 4.52. The van der Waals surface area contributed by atoms with Gasteiger partial charge in [-0.05, 0) is 42.5 Å². The number of hydrogen-bond donors (Lipinski definition) is 1. The monoisotopic (exact) mass is 454 g/mol. The summed E-state index contributed by atoms with van der Waals surface area (Å²) in [5.41, 5.74) is 1.12. The first kappa shape index (κ1) is 21.9. The van der Waals surface area contributed by atoms with Crippen molar-refractivity contribution in [2.24, 2.45) is 0 Å². The lowest BCUT2D eigenvalue weighted by molar-refractivity contribution is -0.274. The topological polar surface area (TPSA) is 67.9 Å². The van der Waals surface area contributed by atoms with Crippen LogP contribution in [0.15, 0.2) is 84.6 Å². The lowest BCUT2D eigenvalue weighted by atomic mass is 10.0. The van der Waals surface area contributed by atoms with E-state index in [1.165, 1.54) is 19.2 Å². The quantitative estimate of drug-likeness (QED) is 0.532. The van der Waals surface area contributed by atoms with Crippen molar-refractivity contribution < 1.29 is 32.2 Å². The number of nitrogens with zero attached hydrogens (tertiary/aromatic N) is 1. The lowest BCUT2D eigenvalue weighted by Gasteiger charge is -2.15. The number of anilines is 2. The lowest BCUT2D eigenvalue weighted by Crippen LogP contribution is -2.32. The molecule has 0 unspecified atom stereocenters. The molecule has 168 valence electrons. The number of nitrogens with one attached hydrogen (secondary N) is 1. The van der Waals surface area contributed by atoms with Gasteiger partial charge in [-0.1, -0.05) is 36.4 Å². The largest absolute Gasteiger partial charge is 0.573 e. The number of carbonyl (C=O) groups is 2. The molecule has 1 aliphatic heterocycles. The molecule has 0 aromatic heterocycles. The van der Waals surface area contributed by atoms with Gasteiger partial charge in [-0.25, -0.2) is 4.90 Å². The second kappa shape index (κ2) is 8.70. The normalized spacial score (nSPS) is 14.0. The molecule has 2 amide bonds. The summed E-state index contributed by atoms with van der Waals surface area (Å²) in [4.78, 5) is 27.8. The minimum atomic E-state index is -4.82. The highest BCUT2D eigenvalue weighted by molar-refractivity contribution is 6.46. The molecule has 4 rings (SSSR count). The summed E-state index contributed by atoms with van der Waals surface area (Å²) < 4.78 is 46.6. The Morgan fingerprint density at radius 1 is 0.818 bits per heavy atom. The molecule has 0 bridgehead atoms. The molecule has 0 spiro atoms. The van der Waals surface area contributed by atoms with Crippen LogP contribution in [0.3, 0.4) is 0 Å². The summed E-state index contributed by atoms with van der Waals surface area (Å²) in [5.74, 6) is -1.19. The predicted octanol–water partition coefficient (Wildman–Crippen LogP) is 4.99. The van der Waals surface area contributed by atoms with Crippen LogP contribution in [0.2, 0.25) is 0 Å². The predicted molar refractivity (Wildman–Crippen MR) is 116 cm³/mol. The van der Waals surface area contributed by atoms with Crippen LogP contribution in [0.4, 0.5) is 24.5 Å². The number of alkyl halides is 3. The van der Waals surface area contributed by atoms with Crippen molar-refractivity contribution in [1.82, 2.24) is 0 Å². The first-order valence-electron chi connectivity index (χ1n) is 9.73. The van der Waals surface area contributed by atoms with Crippen LogP contribution in [0.1, 0.15) is 5.56 Å². The van der Waals surface area contributed by atoms with E-state index in [2.05, 4.69) is 10.1 Å². The van der Waals surface area contributed by atoms with Crippen molar-refractivity contribution in [3.05, 3.63) is 90.1 Å². The van der Waals surface area contributed by atoms with Gasteiger partial charge in [-0.2, -0.15) is 0 Å². The Hall–Kier alpha value is -4.27. The first-order chi connectivity index (χ1) is 15.8. The van der Waals surface area contributed by atoms with E-state index < -0.39 is 23.9 Å². The molecule has 1 aliphatic rings. The molecule has 0 atom stereocenters. The van der Waals surface area contributed by atoms with Crippen LogP contribution in [0.5, 0.6) is 11.5 Å².